The number of hydrogen-bond donors (Lipinski definition) is 0. The van der Waals surface area contributed by atoms with E-state index in [2.05, 4.69) is 13.2 Å². The van der Waals surface area contributed by atoms with Crippen LogP contribution >= 0.6 is 0 Å². The van der Waals surface area contributed by atoms with Gasteiger partial charge in [0.15, 0.2) is 5.41 Å². The number of ether oxygens (including phenoxy) is 2. The average Bonchev–Trinajstić information content (AvgIpc) is 2.37. The summed E-state index contributed by atoms with van der Waals surface area (Å²) in [7, 11) is 0. The van der Waals surface area contributed by atoms with Crippen molar-refractivity contribution in [2.45, 2.75) is 50.7 Å². The third-order valence-electron chi connectivity index (χ3n) is 3.94. The van der Waals surface area contributed by atoms with Crippen molar-refractivity contribution >= 4 is 11.9 Å². The van der Waals surface area contributed by atoms with Gasteiger partial charge in [-0.3, -0.25) is 9.59 Å². The second-order valence-corrected chi connectivity index (χ2v) is 5.32. The SMILES string of the molecule is C=CCC1(CC=C)C(=O)OC2(CCCCC2)OC1=O. The Morgan fingerprint density at radius 1 is 0.947 bits per heavy atom. The molecule has 0 N–H and O–H groups in total. The third kappa shape index (κ3) is 2.31. The Balaban J connectivity index is 2.26. The zero-order valence-electron chi connectivity index (χ0n) is 11.2. The van der Waals surface area contributed by atoms with Crippen molar-refractivity contribution in [3.05, 3.63) is 25.3 Å². The maximum absolute atomic E-state index is 12.4. The fraction of sp³-hybridized carbons (Fsp3) is 0.600. The van der Waals surface area contributed by atoms with Gasteiger partial charge in [0.25, 0.3) is 5.79 Å². The van der Waals surface area contributed by atoms with Gasteiger partial charge in [0, 0.05) is 12.8 Å². The number of carbonyl (C=O) groups is 2. The molecule has 0 radical (unpaired) electrons. The van der Waals surface area contributed by atoms with Gasteiger partial charge in [0.05, 0.1) is 0 Å². The molecule has 4 heteroatoms. The van der Waals surface area contributed by atoms with Gasteiger partial charge in [-0.15, -0.1) is 13.2 Å². The van der Waals surface area contributed by atoms with E-state index < -0.39 is 23.1 Å². The highest BCUT2D eigenvalue weighted by molar-refractivity contribution is 6.02. The average molecular weight is 264 g/mol. The van der Waals surface area contributed by atoms with Gasteiger partial charge in [-0.1, -0.05) is 18.6 Å². The first-order chi connectivity index (χ1) is 9.08. The van der Waals surface area contributed by atoms with Crippen molar-refractivity contribution in [2.75, 3.05) is 0 Å². The van der Waals surface area contributed by atoms with Crippen LogP contribution in [0.2, 0.25) is 0 Å². The summed E-state index contributed by atoms with van der Waals surface area (Å²) >= 11 is 0. The quantitative estimate of drug-likeness (QED) is 0.445. The van der Waals surface area contributed by atoms with Crippen LogP contribution in [-0.2, 0) is 19.1 Å². The minimum Gasteiger partial charge on any atom is -0.422 e. The van der Waals surface area contributed by atoms with Crippen LogP contribution in [0.25, 0.3) is 0 Å². The molecule has 1 aliphatic carbocycles. The van der Waals surface area contributed by atoms with Gasteiger partial charge >= 0.3 is 11.9 Å². The summed E-state index contributed by atoms with van der Waals surface area (Å²) in [5.41, 5.74) is -1.29. The standard InChI is InChI=1S/C15H20O4/c1-3-8-14(9-4-2)12(16)18-15(19-13(14)17)10-6-5-7-11-15/h3-4H,1-2,5-11H2. The minimum absolute atomic E-state index is 0.215. The van der Waals surface area contributed by atoms with Crippen LogP contribution in [-0.4, -0.2) is 17.7 Å². The van der Waals surface area contributed by atoms with Crippen LogP contribution in [0.5, 0.6) is 0 Å². The van der Waals surface area contributed by atoms with Crippen LogP contribution in [0, 0.1) is 5.41 Å². The van der Waals surface area contributed by atoms with Crippen molar-refractivity contribution in [3.8, 4) is 0 Å². The largest absolute Gasteiger partial charge is 0.422 e. The van der Waals surface area contributed by atoms with Gasteiger partial charge < -0.3 is 9.47 Å². The molecule has 2 rings (SSSR count). The van der Waals surface area contributed by atoms with Gasteiger partial charge in [-0.25, -0.2) is 0 Å². The highest BCUT2D eigenvalue weighted by Gasteiger charge is 2.57. The van der Waals surface area contributed by atoms with Crippen LogP contribution in [0.1, 0.15) is 44.9 Å². The highest BCUT2D eigenvalue weighted by Crippen LogP contribution is 2.44. The van der Waals surface area contributed by atoms with E-state index >= 15 is 0 Å². The van der Waals surface area contributed by atoms with Crippen LogP contribution in [0.3, 0.4) is 0 Å². The first kappa shape index (κ1) is 13.8. The lowest BCUT2D eigenvalue weighted by molar-refractivity contribution is -0.270. The van der Waals surface area contributed by atoms with Crippen molar-refractivity contribution in [1.82, 2.24) is 0 Å². The van der Waals surface area contributed by atoms with Gasteiger partial charge in [-0.2, -0.15) is 0 Å². The Kier molecular flexibility index (Phi) is 3.78. The molecular weight excluding hydrogens is 244 g/mol. The summed E-state index contributed by atoms with van der Waals surface area (Å²) in [6.07, 6.45) is 7.63. The topological polar surface area (TPSA) is 52.6 Å². The number of allylic oxidation sites excluding steroid dienone is 2. The zero-order chi connectivity index (χ0) is 13.9. The number of esters is 2. The molecule has 1 saturated carbocycles. The van der Waals surface area contributed by atoms with E-state index in [-0.39, 0.29) is 12.8 Å². The van der Waals surface area contributed by atoms with Gasteiger partial charge in [-0.05, 0) is 25.7 Å². The maximum atomic E-state index is 12.4. The van der Waals surface area contributed by atoms with Crippen molar-refractivity contribution in [2.24, 2.45) is 5.41 Å². The molecule has 1 heterocycles. The predicted molar refractivity (Wildman–Crippen MR) is 70.1 cm³/mol. The fourth-order valence-corrected chi connectivity index (χ4v) is 2.84. The number of hydrogen-bond acceptors (Lipinski definition) is 4. The molecule has 104 valence electrons. The summed E-state index contributed by atoms with van der Waals surface area (Å²) in [6.45, 7) is 7.21. The second kappa shape index (κ2) is 5.19. The normalized spacial score (nSPS) is 24.4. The van der Waals surface area contributed by atoms with Crippen molar-refractivity contribution in [1.29, 1.82) is 0 Å². The Bertz CT molecular complexity index is 372. The summed E-state index contributed by atoms with van der Waals surface area (Å²) in [5, 5.41) is 0. The summed E-state index contributed by atoms with van der Waals surface area (Å²) < 4.78 is 11.1. The van der Waals surface area contributed by atoms with E-state index in [1.165, 1.54) is 0 Å². The Hall–Kier alpha value is -1.58. The highest BCUT2D eigenvalue weighted by atomic mass is 16.7. The summed E-state index contributed by atoms with van der Waals surface area (Å²) in [6, 6.07) is 0. The summed E-state index contributed by atoms with van der Waals surface area (Å²) in [5.74, 6) is -2.01. The van der Waals surface area contributed by atoms with Gasteiger partial charge in [0.1, 0.15) is 0 Å². The predicted octanol–water partition coefficient (Wildman–Crippen LogP) is 2.89. The second-order valence-electron chi connectivity index (χ2n) is 5.32. The first-order valence-electron chi connectivity index (χ1n) is 6.77. The molecule has 0 atom stereocenters. The minimum atomic E-state index is -1.29. The van der Waals surface area contributed by atoms with E-state index in [0.29, 0.717) is 12.8 Å². The maximum Gasteiger partial charge on any atom is 0.327 e. The molecule has 0 aromatic rings. The van der Waals surface area contributed by atoms with Crippen LogP contribution in [0.4, 0.5) is 0 Å². The number of carbonyl (C=O) groups excluding carboxylic acids is 2. The van der Waals surface area contributed by atoms with E-state index in [4.69, 9.17) is 9.47 Å². The van der Waals surface area contributed by atoms with Crippen LogP contribution < -0.4 is 0 Å². The first-order valence-corrected chi connectivity index (χ1v) is 6.77. The summed E-state index contributed by atoms with van der Waals surface area (Å²) in [4.78, 5) is 24.7. The van der Waals surface area contributed by atoms with E-state index in [0.717, 1.165) is 19.3 Å². The third-order valence-corrected chi connectivity index (χ3v) is 3.94. The molecule has 1 saturated heterocycles. The smallest absolute Gasteiger partial charge is 0.327 e. The fourth-order valence-electron chi connectivity index (χ4n) is 2.84. The molecule has 0 unspecified atom stereocenters. The monoisotopic (exact) mass is 264 g/mol. The zero-order valence-corrected chi connectivity index (χ0v) is 11.2. The molecule has 0 bridgehead atoms. The van der Waals surface area contributed by atoms with Crippen molar-refractivity contribution < 1.29 is 19.1 Å². The van der Waals surface area contributed by atoms with E-state index in [1.807, 2.05) is 0 Å². The molecule has 1 aliphatic heterocycles. The molecule has 2 fully saturated rings. The van der Waals surface area contributed by atoms with E-state index in [9.17, 15) is 9.59 Å². The lowest BCUT2D eigenvalue weighted by atomic mass is 9.79. The van der Waals surface area contributed by atoms with E-state index in [1.54, 1.807) is 12.2 Å². The van der Waals surface area contributed by atoms with Crippen LogP contribution in [0.15, 0.2) is 25.3 Å². The lowest BCUT2D eigenvalue weighted by Crippen LogP contribution is -2.56. The molecule has 0 aromatic heterocycles. The Morgan fingerprint density at radius 2 is 1.42 bits per heavy atom. The van der Waals surface area contributed by atoms with Crippen molar-refractivity contribution in [3.63, 3.8) is 0 Å². The molecule has 0 aromatic carbocycles. The number of rotatable bonds is 4. The molecule has 4 nitrogen and oxygen atoms in total. The molecule has 0 amide bonds. The Labute approximate surface area is 113 Å². The molecule has 1 spiro atoms. The van der Waals surface area contributed by atoms with Gasteiger partial charge in [0.2, 0.25) is 0 Å². The lowest BCUT2D eigenvalue weighted by Gasteiger charge is -2.44. The molecule has 2 aliphatic rings. The molecular formula is C15H20O4. The Morgan fingerprint density at radius 3 is 1.84 bits per heavy atom. The molecule has 19 heavy (non-hydrogen) atoms.